The van der Waals surface area contributed by atoms with Crippen LogP contribution >= 0.6 is 0 Å². The number of hydrogen-bond donors (Lipinski definition) is 2. The zero-order chi connectivity index (χ0) is 11.3. The molecule has 1 aromatic carbocycles. The van der Waals surface area contributed by atoms with Crippen LogP contribution in [0, 0.1) is 11.6 Å². The third-order valence-corrected chi connectivity index (χ3v) is 3.46. The molecule has 3 nitrogen and oxygen atoms in total. The van der Waals surface area contributed by atoms with Crippen LogP contribution in [-0.4, -0.2) is 40.6 Å². The van der Waals surface area contributed by atoms with Crippen LogP contribution in [0.4, 0.5) is 8.78 Å². The van der Waals surface area contributed by atoms with Crippen molar-refractivity contribution < 1.29 is 23.8 Å². The summed E-state index contributed by atoms with van der Waals surface area (Å²) in [5, 5.41) is 16.1. The molecule has 0 unspecified atom stereocenters. The third-order valence-electron chi connectivity index (χ3n) is 1.26. The maximum atomic E-state index is 12.6. The number of aliphatic carboxylic acids is 1. The minimum atomic E-state index is -0.894. The van der Waals surface area contributed by atoms with Crippen molar-refractivity contribution in [2.75, 3.05) is 0 Å². The van der Waals surface area contributed by atoms with Crippen molar-refractivity contribution >= 4 is 33.7 Å². The van der Waals surface area contributed by atoms with E-state index in [1.807, 2.05) is 0 Å². The number of carbonyl (C=O) groups is 1. The molecule has 0 aliphatic heterocycles. The minimum absolute atomic E-state index is 0.0318. The SMILES string of the molecule is CC(=O)O.Oc1c(F)cc[c]([InH2])c1F. The molecule has 0 atom stereocenters. The fraction of sp³-hybridized carbons (Fsp3) is 0.125. The summed E-state index contributed by atoms with van der Waals surface area (Å²) >= 11 is -0.0318. The van der Waals surface area contributed by atoms with Crippen LogP contribution in [0.25, 0.3) is 0 Å². The fourth-order valence-electron chi connectivity index (χ4n) is 0.642. The Balaban J connectivity index is 0.000000364. The van der Waals surface area contributed by atoms with E-state index < -0.39 is 23.4 Å². The first kappa shape index (κ1) is 13.2. The van der Waals surface area contributed by atoms with Crippen LogP contribution in [0.1, 0.15) is 6.92 Å². The van der Waals surface area contributed by atoms with Crippen molar-refractivity contribution in [3.05, 3.63) is 23.8 Å². The van der Waals surface area contributed by atoms with E-state index in [2.05, 4.69) is 0 Å². The molecular weight excluding hydrogens is 297 g/mol. The van der Waals surface area contributed by atoms with Crippen LogP contribution < -0.4 is 3.32 Å². The van der Waals surface area contributed by atoms with Gasteiger partial charge in [0.25, 0.3) is 5.97 Å². The first-order valence-electron chi connectivity index (χ1n) is 3.69. The van der Waals surface area contributed by atoms with Gasteiger partial charge in [-0.15, -0.1) is 0 Å². The molecule has 2 N–H and O–H groups in total. The van der Waals surface area contributed by atoms with E-state index >= 15 is 0 Å². The second kappa shape index (κ2) is 5.85. The summed E-state index contributed by atoms with van der Waals surface area (Å²) in [5.41, 5.74) is 0. The van der Waals surface area contributed by atoms with Gasteiger partial charge in [-0.2, -0.15) is 0 Å². The number of carboxylic acids is 1. The zero-order valence-electron chi connectivity index (χ0n) is 7.71. The van der Waals surface area contributed by atoms with Gasteiger partial charge in [-0.3, -0.25) is 4.79 Å². The molecule has 0 aliphatic rings. The molecule has 76 valence electrons. The average molecular weight is 306 g/mol. The Morgan fingerprint density at radius 2 is 1.86 bits per heavy atom. The second-order valence-electron chi connectivity index (χ2n) is 2.55. The Labute approximate surface area is 93.9 Å². The van der Waals surface area contributed by atoms with Gasteiger partial charge >= 0.3 is 71.1 Å². The van der Waals surface area contributed by atoms with Gasteiger partial charge < -0.3 is 5.11 Å². The van der Waals surface area contributed by atoms with E-state index in [4.69, 9.17) is 15.0 Å². The molecule has 0 fully saturated rings. The van der Waals surface area contributed by atoms with E-state index in [-0.39, 0.29) is 24.4 Å². The molecule has 0 bridgehead atoms. The van der Waals surface area contributed by atoms with Crippen molar-refractivity contribution in [2.45, 2.75) is 6.92 Å². The van der Waals surface area contributed by atoms with Gasteiger partial charge in [0.1, 0.15) is 0 Å². The van der Waals surface area contributed by atoms with Gasteiger partial charge in [0, 0.05) is 6.92 Å². The number of halogens is 2. The van der Waals surface area contributed by atoms with Crippen molar-refractivity contribution in [3.63, 3.8) is 0 Å². The molecule has 1 rings (SSSR count). The summed E-state index contributed by atoms with van der Waals surface area (Å²) in [5.74, 6) is -3.37. The number of rotatable bonds is 0. The normalized spacial score (nSPS) is 8.79. The monoisotopic (exact) mass is 306 g/mol. The summed E-state index contributed by atoms with van der Waals surface area (Å²) < 4.78 is 25.3. The first-order valence-corrected chi connectivity index (χ1v) is 6.54. The molecule has 0 aromatic heterocycles. The number of phenols is 1. The molecule has 0 spiro atoms. The zero-order valence-corrected chi connectivity index (χ0v) is 13.4. The molecule has 0 radical (unpaired) electrons. The predicted molar refractivity (Wildman–Crippen MR) is 49.5 cm³/mol. The Kier molecular flexibility index (Phi) is 5.52. The van der Waals surface area contributed by atoms with Gasteiger partial charge in [-0.1, -0.05) is 0 Å². The molecule has 0 heterocycles. The number of aromatic hydroxyl groups is 1. The van der Waals surface area contributed by atoms with E-state index in [0.717, 1.165) is 13.0 Å². The van der Waals surface area contributed by atoms with Crippen molar-refractivity contribution in [2.24, 2.45) is 0 Å². The van der Waals surface area contributed by atoms with Crippen molar-refractivity contribution in [3.8, 4) is 5.75 Å². The van der Waals surface area contributed by atoms with Crippen LogP contribution in [0.15, 0.2) is 12.1 Å². The molecule has 0 saturated heterocycles. The summed E-state index contributed by atoms with van der Waals surface area (Å²) in [6.45, 7) is 1.08. The van der Waals surface area contributed by atoms with E-state index in [9.17, 15) is 8.78 Å². The van der Waals surface area contributed by atoms with Gasteiger partial charge in [0.2, 0.25) is 0 Å². The molecule has 14 heavy (non-hydrogen) atoms. The summed E-state index contributed by atoms with van der Waals surface area (Å²) in [6.07, 6.45) is 0. The molecular formula is C8H9F2InO3. The average Bonchev–Trinajstić information content (AvgIpc) is 2.07. The van der Waals surface area contributed by atoms with Crippen molar-refractivity contribution in [1.29, 1.82) is 0 Å². The first-order chi connectivity index (χ1) is 6.36. The maximum absolute atomic E-state index is 12.6. The molecule has 1 aromatic rings. The van der Waals surface area contributed by atoms with Crippen molar-refractivity contribution in [1.82, 2.24) is 0 Å². The van der Waals surface area contributed by atoms with E-state index in [0.29, 0.717) is 3.32 Å². The van der Waals surface area contributed by atoms with Crippen LogP contribution in [0.3, 0.4) is 0 Å². The Morgan fingerprint density at radius 3 is 2.21 bits per heavy atom. The topological polar surface area (TPSA) is 57.5 Å². The molecule has 6 heteroatoms. The van der Waals surface area contributed by atoms with E-state index in [1.165, 1.54) is 6.07 Å². The van der Waals surface area contributed by atoms with Gasteiger partial charge in [-0.05, 0) is 0 Å². The van der Waals surface area contributed by atoms with E-state index in [1.54, 1.807) is 0 Å². The summed E-state index contributed by atoms with van der Waals surface area (Å²) in [7, 11) is 0. The summed E-state index contributed by atoms with van der Waals surface area (Å²) in [4.78, 5) is 9.00. The Bertz CT molecular complexity index is 311. The predicted octanol–water partition coefficient (Wildman–Crippen LogP) is 0.0197. The fourth-order valence-corrected chi connectivity index (χ4v) is 1.79. The molecule has 0 saturated carbocycles. The third kappa shape index (κ3) is 4.45. The standard InChI is InChI=1S/C6H3F2O.C2H4O2.In.2H/c7-4-2-1-3-5(8)6(4)9;1-2(3)4;;;/h1-2,9H;1H3,(H,3,4);;;. The van der Waals surface area contributed by atoms with Crippen LogP contribution in [-0.2, 0) is 4.79 Å². The number of phenolic OH excluding ortho intramolecular Hbond substituents is 1. The number of hydrogen-bond acceptors (Lipinski definition) is 2. The Morgan fingerprint density at radius 1 is 1.43 bits per heavy atom. The quantitative estimate of drug-likeness (QED) is 0.710. The van der Waals surface area contributed by atoms with Crippen LogP contribution in [0.2, 0.25) is 0 Å². The van der Waals surface area contributed by atoms with Gasteiger partial charge in [0.15, 0.2) is 0 Å². The summed E-state index contributed by atoms with van der Waals surface area (Å²) in [6, 6.07) is 2.44. The Hall–Kier alpha value is -0.780. The van der Waals surface area contributed by atoms with Crippen LogP contribution in [0.5, 0.6) is 5.75 Å². The second-order valence-corrected chi connectivity index (χ2v) is 5.62. The number of benzene rings is 1. The molecule has 0 amide bonds. The molecule has 0 aliphatic carbocycles. The van der Waals surface area contributed by atoms with Gasteiger partial charge in [0.05, 0.1) is 0 Å². The number of carboxylic acid groups (broad SMARTS) is 1. The van der Waals surface area contributed by atoms with Gasteiger partial charge in [-0.25, -0.2) is 0 Å².